The lowest BCUT2D eigenvalue weighted by atomic mass is 10.1. The molecule has 5 aromatic rings. The lowest BCUT2D eigenvalue weighted by Gasteiger charge is -2.03. The van der Waals surface area contributed by atoms with Crippen LogP contribution in [0.1, 0.15) is 0 Å². The van der Waals surface area contributed by atoms with Gasteiger partial charge in [-0.15, -0.1) is 20.4 Å². The fourth-order valence-corrected chi connectivity index (χ4v) is 4.78. The van der Waals surface area contributed by atoms with Gasteiger partial charge in [-0.1, -0.05) is 94.4 Å². The van der Waals surface area contributed by atoms with Crippen LogP contribution in [0.5, 0.6) is 0 Å². The lowest BCUT2D eigenvalue weighted by Crippen LogP contribution is -1.89. The predicted octanol–water partition coefficient (Wildman–Crippen LogP) is 7.52. The summed E-state index contributed by atoms with van der Waals surface area (Å²) in [4.78, 5) is 0. The molecule has 10 heteroatoms. The Morgan fingerprint density at radius 3 is 1.34 bits per heavy atom. The number of hydrogen-bond acceptors (Lipinski definition) is 8. The molecule has 5 rings (SSSR count). The summed E-state index contributed by atoms with van der Waals surface area (Å²) in [5.74, 6) is 0. The van der Waals surface area contributed by atoms with Crippen molar-refractivity contribution in [1.82, 2.24) is 20.4 Å². The standard InChI is InChI=1S/C22H14Cl2N6S2/c23-15-5-1-3-7-17(15)25-21-29-27-19(31-21)13-9-11-14(12-10-13)20-28-30-22(32-20)26-18-8-4-2-6-16(18)24/h1-12H,(H,25,29)(H,26,30). The molecule has 0 atom stereocenters. The maximum Gasteiger partial charge on any atom is 0.210 e. The number of para-hydroxylation sites is 2. The Kier molecular flexibility index (Phi) is 6.00. The van der Waals surface area contributed by atoms with Crippen molar-refractivity contribution in [2.24, 2.45) is 0 Å². The highest BCUT2D eigenvalue weighted by Gasteiger charge is 2.11. The molecule has 0 radical (unpaired) electrons. The summed E-state index contributed by atoms with van der Waals surface area (Å²) in [6.07, 6.45) is 0. The summed E-state index contributed by atoms with van der Waals surface area (Å²) in [6, 6.07) is 23.0. The SMILES string of the molecule is Clc1ccccc1Nc1nnc(-c2ccc(-c3nnc(Nc4ccccc4Cl)s3)cc2)s1. The lowest BCUT2D eigenvalue weighted by molar-refractivity contribution is 1.09. The van der Waals surface area contributed by atoms with Crippen molar-refractivity contribution < 1.29 is 0 Å². The summed E-state index contributed by atoms with van der Waals surface area (Å²) < 4.78 is 0. The van der Waals surface area contributed by atoms with Gasteiger partial charge >= 0.3 is 0 Å². The van der Waals surface area contributed by atoms with Crippen LogP contribution in [-0.4, -0.2) is 20.4 Å². The fourth-order valence-electron chi connectivity index (χ4n) is 2.89. The van der Waals surface area contributed by atoms with Gasteiger partial charge in [-0.25, -0.2) is 0 Å². The molecule has 0 bridgehead atoms. The molecule has 0 aliphatic heterocycles. The van der Waals surface area contributed by atoms with E-state index in [1.54, 1.807) is 0 Å². The van der Waals surface area contributed by atoms with Crippen LogP contribution in [0.3, 0.4) is 0 Å². The smallest absolute Gasteiger partial charge is 0.210 e. The number of rotatable bonds is 6. The molecular weight excluding hydrogens is 483 g/mol. The number of nitrogens with one attached hydrogen (secondary N) is 2. The van der Waals surface area contributed by atoms with Crippen LogP contribution in [0.2, 0.25) is 10.0 Å². The number of anilines is 4. The van der Waals surface area contributed by atoms with E-state index in [0.717, 1.165) is 32.5 Å². The van der Waals surface area contributed by atoms with Crippen molar-refractivity contribution in [3.05, 3.63) is 82.8 Å². The average Bonchev–Trinajstić information content (AvgIpc) is 3.47. The van der Waals surface area contributed by atoms with Gasteiger partial charge in [0.05, 0.1) is 21.4 Å². The second-order valence-corrected chi connectivity index (χ2v) is 9.38. The van der Waals surface area contributed by atoms with Crippen molar-refractivity contribution in [2.75, 3.05) is 10.6 Å². The van der Waals surface area contributed by atoms with E-state index in [9.17, 15) is 0 Å². The van der Waals surface area contributed by atoms with E-state index in [1.165, 1.54) is 22.7 Å². The Hall–Kier alpha value is -3.04. The van der Waals surface area contributed by atoms with Crippen molar-refractivity contribution in [2.45, 2.75) is 0 Å². The van der Waals surface area contributed by atoms with Gasteiger partial charge < -0.3 is 10.6 Å². The molecular formula is C22H14Cl2N6S2. The van der Waals surface area contributed by atoms with Gasteiger partial charge in [0.1, 0.15) is 10.0 Å². The quantitative estimate of drug-likeness (QED) is 0.253. The van der Waals surface area contributed by atoms with E-state index in [4.69, 9.17) is 23.2 Å². The maximum absolute atomic E-state index is 6.20. The third kappa shape index (κ3) is 4.58. The van der Waals surface area contributed by atoms with Crippen LogP contribution < -0.4 is 10.6 Å². The summed E-state index contributed by atoms with van der Waals surface area (Å²) in [6.45, 7) is 0. The molecule has 2 heterocycles. The van der Waals surface area contributed by atoms with Gasteiger partial charge in [0.15, 0.2) is 0 Å². The predicted molar refractivity (Wildman–Crippen MR) is 134 cm³/mol. The molecule has 0 aliphatic rings. The zero-order valence-corrected chi connectivity index (χ0v) is 19.4. The first kappa shape index (κ1) is 20.8. The minimum atomic E-state index is 0.633. The molecule has 0 saturated carbocycles. The minimum absolute atomic E-state index is 0.633. The highest BCUT2D eigenvalue weighted by molar-refractivity contribution is 7.18. The molecule has 158 valence electrons. The van der Waals surface area contributed by atoms with Crippen LogP contribution in [0.4, 0.5) is 21.6 Å². The first-order valence-electron chi connectivity index (χ1n) is 9.46. The highest BCUT2D eigenvalue weighted by atomic mass is 35.5. The number of benzene rings is 3. The highest BCUT2D eigenvalue weighted by Crippen LogP contribution is 2.34. The van der Waals surface area contributed by atoms with Gasteiger partial charge in [0.25, 0.3) is 0 Å². The Labute approximate surface area is 201 Å². The third-order valence-corrected chi connectivity index (χ3v) is 6.89. The molecule has 0 spiro atoms. The topological polar surface area (TPSA) is 75.6 Å². The molecule has 6 nitrogen and oxygen atoms in total. The van der Waals surface area contributed by atoms with Crippen LogP contribution in [-0.2, 0) is 0 Å². The van der Waals surface area contributed by atoms with Crippen molar-refractivity contribution in [1.29, 1.82) is 0 Å². The summed E-state index contributed by atoms with van der Waals surface area (Å²) in [7, 11) is 0. The van der Waals surface area contributed by atoms with Gasteiger partial charge in [0.2, 0.25) is 10.3 Å². The number of hydrogen-bond donors (Lipinski definition) is 2. The summed E-state index contributed by atoms with van der Waals surface area (Å²) in [5.41, 5.74) is 3.53. The largest absolute Gasteiger partial charge is 0.329 e. The van der Waals surface area contributed by atoms with Crippen LogP contribution >= 0.6 is 45.9 Å². The Balaban J connectivity index is 1.30. The zero-order valence-electron chi connectivity index (χ0n) is 16.3. The second kappa shape index (κ2) is 9.22. The molecule has 0 unspecified atom stereocenters. The Morgan fingerprint density at radius 2 is 0.938 bits per heavy atom. The summed E-state index contributed by atoms with van der Waals surface area (Å²) in [5, 5.41) is 27.7. The van der Waals surface area contributed by atoms with Crippen LogP contribution in [0, 0.1) is 0 Å². The first-order valence-corrected chi connectivity index (χ1v) is 11.9. The Morgan fingerprint density at radius 1 is 0.531 bits per heavy atom. The maximum atomic E-state index is 6.20. The molecule has 2 aromatic heterocycles. The van der Waals surface area contributed by atoms with E-state index in [2.05, 4.69) is 31.0 Å². The average molecular weight is 497 g/mol. The van der Waals surface area contributed by atoms with E-state index in [-0.39, 0.29) is 0 Å². The monoisotopic (exact) mass is 496 g/mol. The number of aromatic nitrogens is 4. The van der Waals surface area contributed by atoms with E-state index >= 15 is 0 Å². The van der Waals surface area contributed by atoms with Gasteiger partial charge in [0, 0.05) is 11.1 Å². The van der Waals surface area contributed by atoms with E-state index in [0.29, 0.717) is 20.3 Å². The third-order valence-electron chi connectivity index (χ3n) is 4.46. The van der Waals surface area contributed by atoms with Crippen LogP contribution in [0.25, 0.3) is 21.1 Å². The number of nitrogens with zero attached hydrogens (tertiary/aromatic N) is 4. The van der Waals surface area contributed by atoms with Gasteiger partial charge in [-0.3, -0.25) is 0 Å². The molecule has 32 heavy (non-hydrogen) atoms. The second-order valence-electron chi connectivity index (χ2n) is 6.61. The van der Waals surface area contributed by atoms with Gasteiger partial charge in [-0.05, 0) is 24.3 Å². The molecule has 0 aliphatic carbocycles. The molecule has 0 amide bonds. The van der Waals surface area contributed by atoms with Crippen molar-refractivity contribution >= 4 is 67.5 Å². The Bertz CT molecular complexity index is 1260. The molecule has 0 saturated heterocycles. The zero-order chi connectivity index (χ0) is 21.9. The van der Waals surface area contributed by atoms with Crippen LogP contribution in [0.15, 0.2) is 72.8 Å². The molecule has 2 N–H and O–H groups in total. The van der Waals surface area contributed by atoms with E-state index < -0.39 is 0 Å². The first-order chi connectivity index (χ1) is 15.7. The van der Waals surface area contributed by atoms with Crippen molar-refractivity contribution in [3.8, 4) is 21.1 Å². The van der Waals surface area contributed by atoms with E-state index in [1.807, 2.05) is 72.8 Å². The molecule has 0 fully saturated rings. The van der Waals surface area contributed by atoms with Crippen molar-refractivity contribution in [3.63, 3.8) is 0 Å². The van der Waals surface area contributed by atoms with Gasteiger partial charge in [-0.2, -0.15) is 0 Å². The fraction of sp³-hybridized carbons (Fsp3) is 0. The molecule has 3 aromatic carbocycles. The minimum Gasteiger partial charge on any atom is -0.329 e. The number of halogens is 2. The summed E-state index contributed by atoms with van der Waals surface area (Å²) >= 11 is 15.3. The normalized spacial score (nSPS) is 10.8.